The molecule has 800 valence electrons. The van der Waals surface area contributed by atoms with Gasteiger partial charge in [0.05, 0.1) is 106 Å². The van der Waals surface area contributed by atoms with Crippen molar-refractivity contribution in [3.05, 3.63) is 254 Å². The highest BCUT2D eigenvalue weighted by atomic mass is 35.5. The first-order valence-electron chi connectivity index (χ1n) is 47.0. The number of aryl methyl sites for hydroxylation is 5. The largest absolute Gasteiger partial charge is 0.511 e. The standard InChI is InChI=1S/C21H24Cl2N4O3S.C20H24Cl2N4O3S.C20H22Cl2N4O.C19H19Cl2F3N4O3S.C19H22Cl2N4O3S/c1-12-16(10-24)19(15-6-3-13(22)9-17(15)23)20-18(25-12)11-27(21(20)28)8-7-26(2)31(29,30)14-4-5-14;1-4-30(28,29)25(3)7-8-26-11-17-19(20(26)27)18(15(10-23)12(2)24-17)14-6-5-13(21)9-16(14)22;1-11-15(9-23)18(14-3-2-12(21)8-16(14)22)19-17(25-11)10-26(20(19)27)13-4-6-24-7-5-13;1-10-13(8-25)16(12-4-3-11(20)7-14(12)21)17-15(26-10)9-28(18(17)29)6-5-27(2)32(30,31)19(22,23)24;1-11-14(9-22)17(13-5-4-12(20)8-15(13)21)18-16(23-11)10-25(19(18)26)7-6-24(2)29(3,27)28/h3,6,9,14H,4-5,7-8,10-11,24H2,1-2H3;5-6,9H,4,7-8,10-11,23H2,1-3H3;2-3,8,13,24H,4-7,9-10,23H2,1H3;3-4,7H,5-6,8-9,25H2,1-2H3;4-5,8H,6-7,9-10,22H2,1-3H3. The van der Waals surface area contributed by atoms with E-state index in [1.165, 1.54) is 38.0 Å². The average Bonchev–Trinajstić information content (AvgIpc) is 1.59. The van der Waals surface area contributed by atoms with Gasteiger partial charge < -0.3 is 58.5 Å². The van der Waals surface area contributed by atoms with E-state index in [9.17, 15) is 70.8 Å². The maximum atomic E-state index is 13.4. The number of nitrogens with one attached hydrogen (secondary N) is 1. The maximum absolute atomic E-state index is 13.4. The molecule has 1 saturated carbocycles. The Kier molecular flexibility index (Phi) is 37.9. The van der Waals surface area contributed by atoms with Gasteiger partial charge in [-0.15, -0.1) is 0 Å². The minimum absolute atomic E-state index is 0.0114. The number of nitrogens with two attached hydrogens (primary N) is 5. The van der Waals surface area contributed by atoms with Crippen LogP contribution in [0.1, 0.15) is 169 Å². The summed E-state index contributed by atoms with van der Waals surface area (Å²) in [4.78, 5) is 97.5. The van der Waals surface area contributed by atoms with Gasteiger partial charge in [-0.3, -0.25) is 48.9 Å². The second-order valence-electron chi connectivity index (χ2n) is 36.5. The van der Waals surface area contributed by atoms with Gasteiger partial charge in [-0.1, -0.05) is 146 Å². The molecule has 17 rings (SSSR count). The van der Waals surface area contributed by atoms with Gasteiger partial charge in [0.2, 0.25) is 30.1 Å². The molecule has 2 fully saturated rings. The number of carbonyl (C=O) groups is 5. The van der Waals surface area contributed by atoms with E-state index < -0.39 is 58.1 Å². The molecular weight excluding hydrogens is 2220 g/mol. The molecule has 10 aromatic rings. The summed E-state index contributed by atoms with van der Waals surface area (Å²) in [5, 5.41) is 7.59. The lowest BCUT2D eigenvalue weighted by molar-refractivity contribution is -0.0483. The lowest BCUT2D eigenvalue weighted by Gasteiger charge is -2.31. The third-order valence-corrected chi connectivity index (χ3v) is 36.9. The van der Waals surface area contributed by atoms with Crippen molar-refractivity contribution >= 4 is 186 Å². The third kappa shape index (κ3) is 25.1. The molecule has 6 aliphatic heterocycles. The Bertz CT molecular complexity index is 7470. The minimum Gasteiger partial charge on any atom is -0.331 e. The second-order valence-corrected chi connectivity index (χ2v) is 49.5. The molecule has 1 saturated heterocycles. The predicted octanol–water partition coefficient (Wildman–Crippen LogP) is 16.0. The lowest BCUT2D eigenvalue weighted by atomic mass is 9.93. The van der Waals surface area contributed by atoms with E-state index in [0.717, 1.165) is 101 Å². The fourth-order valence-corrected chi connectivity index (χ4v) is 24.7. The fourth-order valence-electron chi connectivity index (χ4n) is 18.7. The van der Waals surface area contributed by atoms with E-state index in [1.54, 1.807) is 114 Å². The molecule has 33 nitrogen and oxygen atoms in total. The summed E-state index contributed by atoms with van der Waals surface area (Å²) in [6.45, 7) is 15.7. The third-order valence-electron chi connectivity index (χ3n) is 27.1. The lowest BCUT2D eigenvalue weighted by Crippen LogP contribution is -2.43. The average molecular weight is 2330 g/mol. The highest BCUT2D eigenvalue weighted by molar-refractivity contribution is 7.90. The van der Waals surface area contributed by atoms with Crippen molar-refractivity contribution in [2.24, 2.45) is 28.7 Å². The number of piperidine rings is 1. The zero-order valence-electron chi connectivity index (χ0n) is 83.0. The number of nitrogens with zero attached hydrogens (tertiary/aromatic N) is 14. The van der Waals surface area contributed by atoms with Crippen LogP contribution >= 0.6 is 116 Å². The summed E-state index contributed by atoms with van der Waals surface area (Å²) in [5.74, 6) is -1.09. The van der Waals surface area contributed by atoms with Crippen molar-refractivity contribution in [3.8, 4) is 55.6 Å². The van der Waals surface area contributed by atoms with E-state index in [1.807, 2.05) is 38.7 Å². The normalized spacial score (nSPS) is 15.2. The number of fused-ring (bicyclic) bond motifs is 5. The van der Waals surface area contributed by atoms with Gasteiger partial charge in [0, 0.05) is 254 Å². The molecule has 0 atom stereocenters. The zero-order chi connectivity index (χ0) is 109. The number of hydrogen-bond donors (Lipinski definition) is 6. The number of carbonyl (C=O) groups excluding carboxylic acids is 5. The maximum Gasteiger partial charge on any atom is 0.511 e. The molecule has 50 heteroatoms. The summed E-state index contributed by atoms with van der Waals surface area (Å²) in [5.41, 5.74) is 43.9. The summed E-state index contributed by atoms with van der Waals surface area (Å²) in [6, 6.07) is 25.7. The zero-order valence-corrected chi connectivity index (χ0v) is 93.8. The van der Waals surface area contributed by atoms with Gasteiger partial charge in [-0.25, -0.2) is 46.6 Å². The molecule has 5 aromatic heterocycles. The number of sulfonamides is 4. The SMILES string of the molecule is CCS(=O)(=O)N(C)CCN1Cc2nc(C)c(CN)c(-c3ccc(Cl)cc3Cl)c2C1=O.Cc1nc2c(c(-c3ccc(Cl)cc3Cl)c1CN)C(=O)N(C1CCNCC1)C2.Cc1nc2c(c(-c3ccc(Cl)cc3Cl)c1CN)C(=O)N(CCN(C)S(=O)(=O)C(F)(F)F)C2.Cc1nc2c(c(-c3ccc(Cl)cc3Cl)c1CN)C(=O)N(CCN(C)S(=O)(=O)C1CC1)C2.Cc1nc2c(c(-c3ccc(Cl)cc3Cl)c1CN)C(=O)N(CCN(C)S(C)(=O)=O)C2. The highest BCUT2D eigenvalue weighted by Crippen LogP contribution is 2.48. The van der Waals surface area contributed by atoms with Crippen LogP contribution in [0.4, 0.5) is 13.2 Å². The van der Waals surface area contributed by atoms with Gasteiger partial charge in [-0.2, -0.15) is 17.5 Å². The number of hydrogen-bond acceptors (Lipinski definition) is 24. The predicted molar refractivity (Wildman–Crippen MR) is 578 cm³/mol. The Morgan fingerprint density at radius 2 is 0.611 bits per heavy atom. The molecule has 149 heavy (non-hydrogen) atoms. The Balaban J connectivity index is 0.000000155. The molecule has 11 N–H and O–H groups in total. The highest BCUT2D eigenvalue weighted by Gasteiger charge is 2.50. The number of rotatable bonds is 29. The van der Waals surface area contributed by atoms with Gasteiger partial charge in [0.25, 0.3) is 29.5 Å². The monoisotopic (exact) mass is 2320 g/mol. The Hall–Kier alpha value is -8.71. The summed E-state index contributed by atoms with van der Waals surface area (Å²) >= 11 is 62.5. The molecular formula is C99H111Cl10F3N20O13S4. The van der Waals surface area contributed by atoms with Crippen LogP contribution in [0, 0.1) is 34.6 Å². The van der Waals surface area contributed by atoms with Crippen LogP contribution in [0.2, 0.25) is 50.2 Å². The summed E-state index contributed by atoms with van der Waals surface area (Å²) < 4.78 is 137. The quantitative estimate of drug-likeness (QED) is 0.0253. The molecule has 0 unspecified atom stereocenters. The number of alkyl halides is 3. The molecule has 7 aliphatic rings. The van der Waals surface area contributed by atoms with Crippen LogP contribution in [0.15, 0.2) is 91.0 Å². The van der Waals surface area contributed by atoms with Gasteiger partial charge in [0.15, 0.2) is 0 Å². The molecule has 5 aromatic carbocycles. The molecule has 1 aliphatic carbocycles. The van der Waals surface area contributed by atoms with Gasteiger partial charge >= 0.3 is 15.5 Å². The van der Waals surface area contributed by atoms with Crippen molar-refractivity contribution in [1.82, 2.24) is 72.0 Å². The molecule has 11 heterocycles. The van der Waals surface area contributed by atoms with Crippen LogP contribution in [0.25, 0.3) is 55.6 Å². The van der Waals surface area contributed by atoms with Crippen LogP contribution < -0.4 is 34.0 Å². The van der Waals surface area contributed by atoms with Gasteiger partial charge in [0.1, 0.15) is 0 Å². The molecule has 0 spiro atoms. The number of aromatic nitrogens is 5. The number of amides is 5. The molecule has 0 radical (unpaired) electrons. The number of likely N-dealkylation sites (N-methyl/N-ethyl adjacent to an activating group) is 4. The van der Waals surface area contributed by atoms with E-state index in [-0.39, 0.29) is 129 Å². The van der Waals surface area contributed by atoms with E-state index in [4.69, 9.17) is 150 Å². The number of benzene rings is 5. The van der Waals surface area contributed by atoms with Crippen molar-refractivity contribution in [1.29, 1.82) is 0 Å². The fraction of sp³-hybridized carbons (Fsp3) is 0.394. The summed E-state index contributed by atoms with van der Waals surface area (Å²) in [6.07, 6.45) is 4.46. The first-order valence-corrected chi connectivity index (χ1v) is 57.2. The first kappa shape index (κ1) is 117. The van der Waals surface area contributed by atoms with Crippen molar-refractivity contribution in [2.75, 3.05) is 106 Å². The van der Waals surface area contributed by atoms with Crippen LogP contribution in [-0.2, 0) is 106 Å². The van der Waals surface area contributed by atoms with E-state index in [0.29, 0.717) is 197 Å². The van der Waals surface area contributed by atoms with Crippen LogP contribution in [0.3, 0.4) is 0 Å². The Morgan fingerprint density at radius 1 is 0.362 bits per heavy atom. The Labute approximate surface area is 914 Å². The first-order chi connectivity index (χ1) is 70.1. The van der Waals surface area contributed by atoms with Crippen molar-refractivity contribution in [3.63, 3.8) is 0 Å². The molecule has 0 bridgehead atoms. The second kappa shape index (κ2) is 48.1. The summed E-state index contributed by atoms with van der Waals surface area (Å²) in [7, 11) is -10.1. The Morgan fingerprint density at radius 3 is 0.852 bits per heavy atom. The van der Waals surface area contributed by atoms with Crippen LogP contribution in [0.5, 0.6) is 0 Å². The van der Waals surface area contributed by atoms with Crippen LogP contribution in [-0.4, -0.2) is 252 Å². The number of halogens is 13. The smallest absolute Gasteiger partial charge is 0.331 e. The number of pyridine rings is 5. The van der Waals surface area contributed by atoms with Crippen molar-refractivity contribution < 1.29 is 70.8 Å². The minimum atomic E-state index is -5.50. The molecule has 5 amide bonds. The van der Waals surface area contributed by atoms with E-state index >= 15 is 0 Å². The van der Waals surface area contributed by atoms with Crippen molar-refractivity contribution in [2.45, 2.75) is 149 Å². The van der Waals surface area contributed by atoms with E-state index in [2.05, 4.69) is 25.3 Å². The van der Waals surface area contributed by atoms with Gasteiger partial charge in [-0.05, 0) is 169 Å². The topological polar surface area (TPSA) is 458 Å².